The molecule has 0 aliphatic heterocycles. The zero-order valence-electron chi connectivity index (χ0n) is 10.3. The molecule has 0 atom stereocenters. The van der Waals surface area contributed by atoms with E-state index < -0.39 is 10.8 Å². The highest BCUT2D eigenvalue weighted by Crippen LogP contribution is 2.28. The van der Waals surface area contributed by atoms with Gasteiger partial charge in [-0.15, -0.1) is 0 Å². The van der Waals surface area contributed by atoms with Crippen LogP contribution >= 0.6 is 27.5 Å². The van der Waals surface area contributed by atoms with Gasteiger partial charge in [0.2, 0.25) is 0 Å². The zero-order chi connectivity index (χ0) is 15.6. The Morgan fingerprint density at radius 1 is 1.43 bits per heavy atom. The van der Waals surface area contributed by atoms with E-state index in [1.165, 1.54) is 30.5 Å². The second kappa shape index (κ2) is 6.06. The Morgan fingerprint density at radius 2 is 2.14 bits per heavy atom. The van der Waals surface area contributed by atoms with Gasteiger partial charge < -0.3 is 11.1 Å². The number of carbonyl (C=O) groups excluding carboxylic acids is 1. The number of nitrogens with one attached hydrogen (secondary N) is 1. The molecule has 1 aromatic heterocycles. The van der Waals surface area contributed by atoms with Crippen molar-refractivity contribution in [3.05, 3.63) is 55.6 Å². The first-order valence-electron chi connectivity index (χ1n) is 5.55. The van der Waals surface area contributed by atoms with Gasteiger partial charge in [-0.2, -0.15) is 0 Å². The molecular formula is C12H8BrClN4O3. The van der Waals surface area contributed by atoms with Crippen molar-refractivity contribution in [1.29, 1.82) is 0 Å². The number of nitrogen functional groups attached to an aromatic ring is 1. The molecule has 0 bridgehead atoms. The highest BCUT2D eigenvalue weighted by Gasteiger charge is 2.16. The van der Waals surface area contributed by atoms with Gasteiger partial charge in [-0.3, -0.25) is 14.9 Å². The maximum atomic E-state index is 12.1. The first-order valence-corrected chi connectivity index (χ1v) is 6.72. The predicted molar refractivity (Wildman–Crippen MR) is 82.4 cm³/mol. The number of nitrogens with zero attached hydrogens (tertiary/aromatic N) is 2. The number of carbonyl (C=O) groups is 1. The molecule has 1 amide bonds. The van der Waals surface area contributed by atoms with Gasteiger partial charge in [-0.1, -0.05) is 11.6 Å². The molecule has 0 unspecified atom stereocenters. The van der Waals surface area contributed by atoms with Crippen molar-refractivity contribution in [1.82, 2.24) is 4.98 Å². The molecule has 2 aromatic rings. The fourth-order valence-corrected chi connectivity index (χ4v) is 2.08. The van der Waals surface area contributed by atoms with Gasteiger partial charge in [0.05, 0.1) is 10.5 Å². The molecule has 0 fully saturated rings. The van der Waals surface area contributed by atoms with Crippen molar-refractivity contribution in [3.8, 4) is 0 Å². The molecule has 108 valence electrons. The summed E-state index contributed by atoms with van der Waals surface area (Å²) >= 11 is 8.89. The third-order valence-corrected chi connectivity index (χ3v) is 3.28. The quantitative estimate of drug-likeness (QED) is 0.635. The lowest BCUT2D eigenvalue weighted by Crippen LogP contribution is -2.15. The van der Waals surface area contributed by atoms with E-state index in [1.54, 1.807) is 0 Å². The first kappa shape index (κ1) is 15.2. The molecule has 1 aromatic carbocycles. The van der Waals surface area contributed by atoms with Crippen LogP contribution in [0.25, 0.3) is 0 Å². The van der Waals surface area contributed by atoms with E-state index in [4.69, 9.17) is 17.3 Å². The number of benzene rings is 1. The number of halogens is 2. The third kappa shape index (κ3) is 3.47. The average Bonchev–Trinajstić information content (AvgIpc) is 2.43. The number of anilines is 2. The number of amides is 1. The van der Waals surface area contributed by atoms with Gasteiger partial charge in [0.1, 0.15) is 10.8 Å². The van der Waals surface area contributed by atoms with Crippen molar-refractivity contribution in [3.63, 3.8) is 0 Å². The van der Waals surface area contributed by atoms with Crippen LogP contribution < -0.4 is 11.1 Å². The fourth-order valence-electron chi connectivity index (χ4n) is 1.56. The highest BCUT2D eigenvalue weighted by atomic mass is 79.9. The standard InChI is InChI=1S/C12H8BrClN4O3/c13-6-3-8(11(15)16-5-6)12(19)17-7-1-2-9(14)10(4-7)18(20)21/h1-5H,(H2,15,16)(H,17,19). The number of rotatable bonds is 3. The SMILES string of the molecule is Nc1ncc(Br)cc1C(=O)Nc1ccc(Cl)c([N+](=O)[O-])c1. The van der Waals surface area contributed by atoms with E-state index in [1.807, 2.05) is 0 Å². The molecule has 0 spiro atoms. The largest absolute Gasteiger partial charge is 0.383 e. The number of hydrogen-bond donors (Lipinski definition) is 2. The number of pyridine rings is 1. The molecular weight excluding hydrogens is 364 g/mol. The molecule has 0 saturated heterocycles. The molecule has 0 radical (unpaired) electrons. The first-order chi connectivity index (χ1) is 9.88. The second-order valence-corrected chi connectivity index (χ2v) is 5.29. The van der Waals surface area contributed by atoms with Gasteiger partial charge in [0.15, 0.2) is 0 Å². The van der Waals surface area contributed by atoms with E-state index in [9.17, 15) is 14.9 Å². The maximum Gasteiger partial charge on any atom is 0.289 e. The summed E-state index contributed by atoms with van der Waals surface area (Å²) in [6.07, 6.45) is 1.46. The van der Waals surface area contributed by atoms with Gasteiger partial charge in [0.25, 0.3) is 11.6 Å². The Morgan fingerprint density at radius 3 is 2.81 bits per heavy atom. The normalized spacial score (nSPS) is 10.2. The highest BCUT2D eigenvalue weighted by molar-refractivity contribution is 9.10. The lowest BCUT2D eigenvalue weighted by Gasteiger charge is -2.07. The minimum atomic E-state index is -0.632. The summed E-state index contributed by atoms with van der Waals surface area (Å²) in [6, 6.07) is 5.45. The van der Waals surface area contributed by atoms with Gasteiger partial charge in [-0.05, 0) is 34.1 Å². The molecule has 0 aliphatic carbocycles. The predicted octanol–water partition coefficient (Wildman–Crippen LogP) is 3.24. The fraction of sp³-hybridized carbons (Fsp3) is 0. The van der Waals surface area contributed by atoms with E-state index in [-0.39, 0.29) is 27.8 Å². The summed E-state index contributed by atoms with van der Waals surface area (Å²) in [6.45, 7) is 0. The van der Waals surface area contributed by atoms with E-state index >= 15 is 0 Å². The van der Waals surface area contributed by atoms with Crippen molar-refractivity contribution in [2.24, 2.45) is 0 Å². The lowest BCUT2D eigenvalue weighted by atomic mass is 10.2. The van der Waals surface area contributed by atoms with Crippen molar-refractivity contribution in [2.45, 2.75) is 0 Å². The Hall–Kier alpha value is -2.19. The summed E-state index contributed by atoms with van der Waals surface area (Å²) in [5, 5.41) is 13.3. The number of nitro benzene ring substituents is 1. The van der Waals surface area contributed by atoms with Crippen molar-refractivity contribution in [2.75, 3.05) is 11.1 Å². The topological polar surface area (TPSA) is 111 Å². The number of aromatic nitrogens is 1. The number of nitrogens with two attached hydrogens (primary N) is 1. The molecule has 2 rings (SSSR count). The summed E-state index contributed by atoms with van der Waals surface area (Å²) < 4.78 is 0.587. The van der Waals surface area contributed by atoms with Crippen LogP contribution in [-0.2, 0) is 0 Å². The van der Waals surface area contributed by atoms with Crippen LogP contribution in [0.1, 0.15) is 10.4 Å². The molecule has 21 heavy (non-hydrogen) atoms. The summed E-state index contributed by atoms with van der Waals surface area (Å²) in [5.74, 6) is -0.475. The van der Waals surface area contributed by atoms with Crippen LogP contribution in [0.4, 0.5) is 17.2 Å². The summed E-state index contributed by atoms with van der Waals surface area (Å²) in [5.41, 5.74) is 5.71. The van der Waals surface area contributed by atoms with E-state index in [0.717, 1.165) is 0 Å². The third-order valence-electron chi connectivity index (χ3n) is 2.53. The number of hydrogen-bond acceptors (Lipinski definition) is 5. The minimum absolute atomic E-state index is 0.0124. The Kier molecular flexibility index (Phi) is 4.39. The van der Waals surface area contributed by atoms with E-state index in [2.05, 4.69) is 26.2 Å². The molecule has 0 aliphatic rings. The average molecular weight is 372 g/mol. The van der Waals surface area contributed by atoms with Crippen LogP contribution in [0.2, 0.25) is 5.02 Å². The van der Waals surface area contributed by atoms with Gasteiger partial charge in [0, 0.05) is 22.4 Å². The Bertz CT molecular complexity index is 738. The van der Waals surface area contributed by atoms with E-state index in [0.29, 0.717) is 4.47 Å². The molecule has 7 nitrogen and oxygen atoms in total. The lowest BCUT2D eigenvalue weighted by molar-refractivity contribution is -0.384. The zero-order valence-corrected chi connectivity index (χ0v) is 12.7. The van der Waals surface area contributed by atoms with Crippen LogP contribution in [0.5, 0.6) is 0 Å². The Balaban J connectivity index is 2.29. The van der Waals surface area contributed by atoms with Crippen LogP contribution in [0.15, 0.2) is 34.9 Å². The summed E-state index contributed by atoms with van der Waals surface area (Å²) in [4.78, 5) is 26.1. The Labute approximate surface area is 132 Å². The number of nitro groups is 1. The maximum absolute atomic E-state index is 12.1. The van der Waals surface area contributed by atoms with Crippen LogP contribution in [-0.4, -0.2) is 15.8 Å². The van der Waals surface area contributed by atoms with Crippen molar-refractivity contribution >= 4 is 50.6 Å². The molecule has 0 saturated carbocycles. The van der Waals surface area contributed by atoms with Gasteiger partial charge in [-0.25, -0.2) is 4.98 Å². The monoisotopic (exact) mass is 370 g/mol. The van der Waals surface area contributed by atoms with Crippen molar-refractivity contribution < 1.29 is 9.72 Å². The van der Waals surface area contributed by atoms with Gasteiger partial charge >= 0.3 is 0 Å². The second-order valence-electron chi connectivity index (χ2n) is 3.96. The molecule has 9 heteroatoms. The van der Waals surface area contributed by atoms with Crippen LogP contribution in [0, 0.1) is 10.1 Å². The molecule has 1 heterocycles. The molecule has 3 N–H and O–H groups in total. The minimum Gasteiger partial charge on any atom is -0.383 e. The smallest absolute Gasteiger partial charge is 0.289 e. The van der Waals surface area contributed by atoms with Crippen LogP contribution in [0.3, 0.4) is 0 Å². The summed E-state index contributed by atoms with van der Waals surface area (Å²) in [7, 11) is 0.